The van der Waals surface area contributed by atoms with Crippen molar-refractivity contribution in [3.8, 4) is 6.07 Å². The zero-order valence-corrected chi connectivity index (χ0v) is 12.1. The van der Waals surface area contributed by atoms with Gasteiger partial charge in [-0.05, 0) is 12.3 Å². The molecule has 0 spiro atoms. The fourth-order valence-electron chi connectivity index (χ4n) is 2.50. The van der Waals surface area contributed by atoms with E-state index in [2.05, 4.69) is 16.0 Å². The van der Waals surface area contributed by atoms with Gasteiger partial charge >= 0.3 is 0 Å². The van der Waals surface area contributed by atoms with E-state index in [1.54, 1.807) is 13.3 Å². The van der Waals surface area contributed by atoms with Crippen molar-refractivity contribution in [2.24, 2.45) is 0 Å². The van der Waals surface area contributed by atoms with Gasteiger partial charge in [0.05, 0.1) is 19.3 Å². The van der Waals surface area contributed by atoms with Crippen molar-refractivity contribution in [2.45, 2.75) is 17.3 Å². The van der Waals surface area contributed by atoms with Crippen LogP contribution in [0.4, 0.5) is 0 Å². The second-order valence-electron chi connectivity index (χ2n) is 4.53. The fraction of sp³-hybridized carbons (Fsp3) is 0.462. The largest absolute Gasteiger partial charge is 0.377 e. The summed E-state index contributed by atoms with van der Waals surface area (Å²) in [4.78, 5) is 8.77. The van der Waals surface area contributed by atoms with Crippen LogP contribution < -0.4 is 0 Å². The van der Waals surface area contributed by atoms with E-state index >= 15 is 0 Å². The van der Waals surface area contributed by atoms with Crippen molar-refractivity contribution < 1.29 is 9.47 Å². The summed E-state index contributed by atoms with van der Waals surface area (Å²) in [7, 11) is 1.66. The number of nitriles is 1. The molecule has 7 heteroatoms. The maximum atomic E-state index is 9.36. The van der Waals surface area contributed by atoms with E-state index < -0.39 is 0 Å². The minimum absolute atomic E-state index is 0.0308. The van der Waals surface area contributed by atoms with Crippen molar-refractivity contribution in [3.63, 3.8) is 0 Å². The Morgan fingerprint density at radius 3 is 3.10 bits per heavy atom. The molecule has 1 aliphatic heterocycles. The quantitative estimate of drug-likeness (QED) is 0.631. The molecule has 2 atom stereocenters. The van der Waals surface area contributed by atoms with Crippen molar-refractivity contribution >= 4 is 22.8 Å². The second kappa shape index (κ2) is 5.40. The van der Waals surface area contributed by atoms with E-state index in [1.807, 2.05) is 16.9 Å². The third-order valence-electron chi connectivity index (χ3n) is 3.49. The SMILES string of the molecule is COC1COCC1n1c(C#N)cc2cnc(SC)nc21. The van der Waals surface area contributed by atoms with E-state index in [4.69, 9.17) is 9.47 Å². The molecule has 0 radical (unpaired) electrons. The van der Waals surface area contributed by atoms with Crippen LogP contribution in [0.15, 0.2) is 17.4 Å². The van der Waals surface area contributed by atoms with Gasteiger partial charge in [0.2, 0.25) is 0 Å². The number of hydrogen-bond donors (Lipinski definition) is 0. The zero-order valence-electron chi connectivity index (χ0n) is 11.2. The first-order valence-corrected chi connectivity index (χ1v) is 7.43. The molecule has 20 heavy (non-hydrogen) atoms. The maximum Gasteiger partial charge on any atom is 0.189 e. The predicted molar refractivity (Wildman–Crippen MR) is 74.7 cm³/mol. The molecule has 2 unspecified atom stereocenters. The van der Waals surface area contributed by atoms with Gasteiger partial charge in [0.25, 0.3) is 0 Å². The van der Waals surface area contributed by atoms with Gasteiger partial charge in [0.1, 0.15) is 23.5 Å². The first-order valence-electron chi connectivity index (χ1n) is 6.21. The number of aromatic nitrogens is 3. The Kier molecular flexibility index (Phi) is 3.61. The van der Waals surface area contributed by atoms with Gasteiger partial charge in [-0.3, -0.25) is 0 Å². The van der Waals surface area contributed by atoms with E-state index in [1.165, 1.54) is 11.8 Å². The lowest BCUT2D eigenvalue weighted by Crippen LogP contribution is -2.25. The number of thioether (sulfide) groups is 1. The molecule has 104 valence electrons. The summed E-state index contributed by atoms with van der Waals surface area (Å²) in [5.74, 6) is 0. The first-order chi connectivity index (χ1) is 9.78. The summed E-state index contributed by atoms with van der Waals surface area (Å²) in [5.41, 5.74) is 1.32. The molecule has 1 saturated heterocycles. The smallest absolute Gasteiger partial charge is 0.189 e. The van der Waals surface area contributed by atoms with Crippen molar-refractivity contribution in [3.05, 3.63) is 18.0 Å². The third-order valence-corrected chi connectivity index (χ3v) is 4.05. The summed E-state index contributed by atoms with van der Waals surface area (Å²) >= 11 is 1.48. The molecule has 3 heterocycles. The van der Waals surface area contributed by atoms with Gasteiger partial charge in [-0.1, -0.05) is 11.8 Å². The van der Waals surface area contributed by atoms with E-state index in [-0.39, 0.29) is 12.1 Å². The second-order valence-corrected chi connectivity index (χ2v) is 5.30. The lowest BCUT2D eigenvalue weighted by Gasteiger charge is -2.19. The average molecular weight is 290 g/mol. The van der Waals surface area contributed by atoms with Crippen molar-refractivity contribution in [1.82, 2.24) is 14.5 Å². The van der Waals surface area contributed by atoms with E-state index in [0.29, 0.717) is 24.1 Å². The van der Waals surface area contributed by atoms with Crippen LogP contribution in [-0.2, 0) is 9.47 Å². The molecule has 3 rings (SSSR count). The van der Waals surface area contributed by atoms with Gasteiger partial charge in [-0.25, -0.2) is 9.97 Å². The summed E-state index contributed by atoms with van der Waals surface area (Å²) in [5, 5.41) is 10.9. The highest BCUT2D eigenvalue weighted by atomic mass is 32.2. The lowest BCUT2D eigenvalue weighted by molar-refractivity contribution is 0.0690. The monoisotopic (exact) mass is 290 g/mol. The minimum Gasteiger partial charge on any atom is -0.377 e. The topological polar surface area (TPSA) is 73.0 Å². The number of ether oxygens (including phenoxy) is 2. The van der Waals surface area contributed by atoms with Crippen LogP contribution in [0.25, 0.3) is 11.0 Å². The number of fused-ring (bicyclic) bond motifs is 1. The summed E-state index contributed by atoms with van der Waals surface area (Å²) in [6.45, 7) is 1.06. The maximum absolute atomic E-state index is 9.36. The molecule has 0 N–H and O–H groups in total. The first kappa shape index (κ1) is 13.4. The predicted octanol–water partition coefficient (Wildman–Crippen LogP) is 1.61. The van der Waals surface area contributed by atoms with Crippen LogP contribution in [0.1, 0.15) is 11.7 Å². The van der Waals surface area contributed by atoms with Gasteiger partial charge in [-0.2, -0.15) is 5.26 Å². The Morgan fingerprint density at radius 2 is 2.40 bits per heavy atom. The molecule has 1 fully saturated rings. The van der Waals surface area contributed by atoms with Gasteiger partial charge in [0, 0.05) is 18.7 Å². The van der Waals surface area contributed by atoms with Crippen molar-refractivity contribution in [1.29, 1.82) is 5.26 Å². The molecule has 0 amide bonds. The molecule has 0 aromatic carbocycles. The Labute approximate surface area is 120 Å². The van der Waals surface area contributed by atoms with Crippen LogP contribution in [-0.4, -0.2) is 47.2 Å². The van der Waals surface area contributed by atoms with Gasteiger partial charge < -0.3 is 14.0 Å². The van der Waals surface area contributed by atoms with Crippen molar-refractivity contribution in [2.75, 3.05) is 26.6 Å². The number of rotatable bonds is 3. The number of hydrogen-bond acceptors (Lipinski definition) is 6. The normalized spacial score (nSPS) is 22.2. The number of nitrogens with zero attached hydrogens (tertiary/aromatic N) is 4. The van der Waals surface area contributed by atoms with Crippen LogP contribution in [0.5, 0.6) is 0 Å². The Hall–Kier alpha value is -1.62. The van der Waals surface area contributed by atoms with E-state index in [0.717, 1.165) is 11.0 Å². The molecular formula is C13H14N4O2S. The molecule has 0 bridgehead atoms. The number of methoxy groups -OCH3 is 1. The third kappa shape index (κ3) is 2.06. The molecule has 1 aliphatic rings. The van der Waals surface area contributed by atoms with E-state index in [9.17, 15) is 5.26 Å². The fourth-order valence-corrected chi connectivity index (χ4v) is 2.84. The molecule has 0 aliphatic carbocycles. The minimum atomic E-state index is -0.0644. The molecule has 2 aromatic heterocycles. The molecule has 6 nitrogen and oxygen atoms in total. The summed E-state index contributed by atoms with van der Waals surface area (Å²) in [6.07, 6.45) is 3.62. The highest BCUT2D eigenvalue weighted by molar-refractivity contribution is 7.98. The van der Waals surface area contributed by atoms with Crippen LogP contribution >= 0.6 is 11.8 Å². The molecular weight excluding hydrogens is 276 g/mol. The summed E-state index contributed by atoms with van der Waals surface area (Å²) in [6, 6.07) is 4.00. The standard InChI is InChI=1S/C13H14N4O2S/c1-18-11-7-19-6-10(11)17-9(4-14)3-8-5-15-13(20-2)16-12(8)17/h3,5,10-11H,6-7H2,1-2H3. The zero-order chi connectivity index (χ0) is 14.1. The Bertz CT molecular complexity index is 679. The Morgan fingerprint density at radius 1 is 1.55 bits per heavy atom. The highest BCUT2D eigenvalue weighted by Gasteiger charge is 2.32. The van der Waals surface area contributed by atoms with Crippen LogP contribution in [0.2, 0.25) is 0 Å². The Balaban J connectivity index is 2.19. The highest BCUT2D eigenvalue weighted by Crippen LogP contribution is 2.29. The average Bonchev–Trinajstić information content (AvgIpc) is 3.08. The van der Waals surface area contributed by atoms with Gasteiger partial charge in [-0.15, -0.1) is 0 Å². The van der Waals surface area contributed by atoms with Crippen LogP contribution in [0, 0.1) is 11.3 Å². The summed E-state index contributed by atoms with van der Waals surface area (Å²) < 4.78 is 12.8. The molecule has 0 saturated carbocycles. The molecule has 2 aromatic rings. The van der Waals surface area contributed by atoms with Crippen LogP contribution in [0.3, 0.4) is 0 Å². The lowest BCUT2D eigenvalue weighted by atomic mass is 10.2. The van der Waals surface area contributed by atoms with Gasteiger partial charge in [0.15, 0.2) is 5.16 Å².